The third-order valence-corrected chi connectivity index (χ3v) is 4.73. The molecule has 1 spiro atoms. The Morgan fingerprint density at radius 1 is 1.29 bits per heavy atom. The maximum Gasteiger partial charge on any atom is 0.318 e. The van der Waals surface area contributed by atoms with Crippen LogP contribution in [0.5, 0.6) is 0 Å². The standard InChI is InChI=1S/C17H22F2N2O3/c1-12(13-3-2-4-14(18)15(13)19)20-16(22)21-7-10-24-17(11-21)5-8-23-9-6-17/h2-4,12H,5-11H2,1H3,(H,20,22). The Labute approximate surface area is 139 Å². The smallest absolute Gasteiger partial charge is 0.318 e. The molecule has 132 valence electrons. The van der Waals surface area contributed by atoms with Crippen LogP contribution >= 0.6 is 0 Å². The Morgan fingerprint density at radius 3 is 2.79 bits per heavy atom. The molecule has 2 fully saturated rings. The van der Waals surface area contributed by atoms with Crippen LogP contribution in [0.4, 0.5) is 13.6 Å². The third kappa shape index (κ3) is 3.52. The molecular weight excluding hydrogens is 318 g/mol. The van der Waals surface area contributed by atoms with Gasteiger partial charge in [0.05, 0.1) is 24.8 Å². The Morgan fingerprint density at radius 2 is 2.04 bits per heavy atom. The van der Waals surface area contributed by atoms with E-state index in [0.29, 0.717) is 32.9 Å². The first-order valence-corrected chi connectivity index (χ1v) is 8.22. The summed E-state index contributed by atoms with van der Waals surface area (Å²) in [5.41, 5.74) is -0.210. The van der Waals surface area contributed by atoms with Crippen LogP contribution in [-0.2, 0) is 9.47 Å². The van der Waals surface area contributed by atoms with Gasteiger partial charge in [-0.25, -0.2) is 13.6 Å². The van der Waals surface area contributed by atoms with Crippen molar-refractivity contribution in [3.05, 3.63) is 35.4 Å². The fraction of sp³-hybridized carbons (Fsp3) is 0.588. The Kier molecular flexibility index (Phi) is 5.01. The lowest BCUT2D eigenvalue weighted by Crippen LogP contribution is -2.57. The van der Waals surface area contributed by atoms with Crippen molar-refractivity contribution >= 4 is 6.03 Å². The Balaban J connectivity index is 1.64. The maximum absolute atomic E-state index is 13.9. The van der Waals surface area contributed by atoms with Crippen molar-refractivity contribution < 1.29 is 23.0 Å². The molecule has 0 bridgehead atoms. The van der Waals surface area contributed by atoms with Crippen molar-refractivity contribution in [3.63, 3.8) is 0 Å². The van der Waals surface area contributed by atoms with Gasteiger partial charge in [0.2, 0.25) is 0 Å². The third-order valence-electron chi connectivity index (χ3n) is 4.73. The number of halogens is 2. The lowest BCUT2D eigenvalue weighted by Gasteiger charge is -2.44. The average molecular weight is 340 g/mol. The molecule has 0 saturated carbocycles. The molecule has 1 unspecified atom stereocenters. The number of hydrogen-bond acceptors (Lipinski definition) is 3. The summed E-state index contributed by atoms with van der Waals surface area (Å²) in [4.78, 5) is 14.2. The number of amides is 2. The van der Waals surface area contributed by atoms with Crippen LogP contribution in [0.15, 0.2) is 18.2 Å². The second kappa shape index (κ2) is 7.03. The zero-order valence-corrected chi connectivity index (χ0v) is 13.7. The van der Waals surface area contributed by atoms with Gasteiger partial charge in [0.25, 0.3) is 0 Å². The minimum atomic E-state index is -0.923. The monoisotopic (exact) mass is 340 g/mol. The first-order valence-electron chi connectivity index (χ1n) is 8.22. The van der Waals surface area contributed by atoms with Gasteiger partial charge in [-0.15, -0.1) is 0 Å². The second-order valence-corrected chi connectivity index (χ2v) is 6.38. The summed E-state index contributed by atoms with van der Waals surface area (Å²) in [6.45, 7) is 4.32. The first kappa shape index (κ1) is 17.1. The van der Waals surface area contributed by atoms with E-state index in [1.165, 1.54) is 12.1 Å². The summed E-state index contributed by atoms with van der Waals surface area (Å²) >= 11 is 0. The van der Waals surface area contributed by atoms with Crippen molar-refractivity contribution in [1.29, 1.82) is 0 Å². The van der Waals surface area contributed by atoms with Gasteiger partial charge in [-0.3, -0.25) is 0 Å². The number of carbonyl (C=O) groups excluding carboxylic acids is 1. The molecular formula is C17H22F2N2O3. The first-order chi connectivity index (χ1) is 11.5. The number of ether oxygens (including phenoxy) is 2. The van der Waals surface area contributed by atoms with E-state index in [4.69, 9.17) is 9.47 Å². The molecule has 1 aromatic rings. The number of nitrogens with zero attached hydrogens (tertiary/aromatic N) is 1. The molecule has 24 heavy (non-hydrogen) atoms. The average Bonchev–Trinajstić information content (AvgIpc) is 2.58. The fourth-order valence-electron chi connectivity index (χ4n) is 3.27. The van der Waals surface area contributed by atoms with Gasteiger partial charge in [0.15, 0.2) is 11.6 Å². The fourth-order valence-corrected chi connectivity index (χ4v) is 3.27. The Bertz CT molecular complexity index is 600. The predicted molar refractivity (Wildman–Crippen MR) is 83.6 cm³/mol. The molecule has 5 nitrogen and oxygen atoms in total. The molecule has 0 aromatic heterocycles. The molecule has 2 saturated heterocycles. The number of hydrogen-bond donors (Lipinski definition) is 1. The summed E-state index contributed by atoms with van der Waals surface area (Å²) in [5.74, 6) is -1.84. The lowest BCUT2D eigenvalue weighted by atomic mass is 9.92. The summed E-state index contributed by atoms with van der Waals surface area (Å²) in [7, 11) is 0. The Hall–Kier alpha value is -1.73. The van der Waals surface area contributed by atoms with E-state index < -0.39 is 17.7 Å². The molecule has 2 heterocycles. The van der Waals surface area contributed by atoms with Gasteiger partial charge in [0, 0.05) is 38.2 Å². The zero-order valence-electron chi connectivity index (χ0n) is 13.7. The summed E-state index contributed by atoms with van der Waals surface area (Å²) in [5, 5.41) is 2.75. The van der Waals surface area contributed by atoms with Gasteiger partial charge in [0.1, 0.15) is 0 Å². The van der Waals surface area contributed by atoms with Gasteiger partial charge in [-0.05, 0) is 13.0 Å². The van der Waals surface area contributed by atoms with E-state index in [2.05, 4.69) is 5.32 Å². The molecule has 1 atom stereocenters. The van der Waals surface area contributed by atoms with E-state index in [9.17, 15) is 13.6 Å². The number of carbonyl (C=O) groups is 1. The van der Waals surface area contributed by atoms with E-state index in [1.807, 2.05) is 0 Å². The summed E-state index contributed by atoms with van der Waals surface area (Å²) in [6.07, 6.45) is 1.51. The zero-order chi connectivity index (χ0) is 17.2. The van der Waals surface area contributed by atoms with Crippen molar-refractivity contribution in [2.75, 3.05) is 32.9 Å². The van der Waals surface area contributed by atoms with Crippen LogP contribution in [-0.4, -0.2) is 49.4 Å². The van der Waals surface area contributed by atoms with Crippen LogP contribution in [0.1, 0.15) is 31.4 Å². The van der Waals surface area contributed by atoms with Crippen molar-refractivity contribution in [1.82, 2.24) is 10.2 Å². The molecule has 7 heteroatoms. The number of nitrogens with one attached hydrogen (secondary N) is 1. The highest BCUT2D eigenvalue weighted by Crippen LogP contribution is 2.29. The quantitative estimate of drug-likeness (QED) is 0.900. The SMILES string of the molecule is CC(NC(=O)N1CCOC2(CCOCC2)C1)c1cccc(F)c1F. The molecule has 1 aromatic carbocycles. The van der Waals surface area contributed by atoms with E-state index >= 15 is 0 Å². The van der Waals surface area contributed by atoms with E-state index in [1.54, 1.807) is 11.8 Å². The van der Waals surface area contributed by atoms with E-state index in [0.717, 1.165) is 18.9 Å². The number of morpholine rings is 1. The molecule has 3 rings (SSSR count). The van der Waals surface area contributed by atoms with Crippen LogP contribution in [0.2, 0.25) is 0 Å². The van der Waals surface area contributed by atoms with Crippen molar-refractivity contribution in [2.24, 2.45) is 0 Å². The number of benzene rings is 1. The van der Waals surface area contributed by atoms with Gasteiger partial charge >= 0.3 is 6.03 Å². The molecule has 1 N–H and O–H groups in total. The molecule has 2 aliphatic rings. The highest BCUT2D eigenvalue weighted by atomic mass is 19.2. The second-order valence-electron chi connectivity index (χ2n) is 6.38. The lowest BCUT2D eigenvalue weighted by molar-refractivity contribution is -0.145. The number of urea groups is 1. The molecule has 2 aliphatic heterocycles. The minimum Gasteiger partial charge on any atom is -0.381 e. The van der Waals surface area contributed by atoms with Gasteiger partial charge < -0.3 is 19.7 Å². The van der Waals surface area contributed by atoms with E-state index in [-0.39, 0.29) is 17.2 Å². The predicted octanol–water partition coefficient (Wildman–Crippen LogP) is 2.62. The molecule has 0 radical (unpaired) electrons. The summed E-state index contributed by atoms with van der Waals surface area (Å²) in [6, 6.07) is 3.05. The van der Waals surface area contributed by atoms with Crippen LogP contribution in [0.3, 0.4) is 0 Å². The highest BCUT2D eigenvalue weighted by molar-refractivity contribution is 5.75. The number of rotatable bonds is 2. The van der Waals surface area contributed by atoms with Crippen molar-refractivity contribution in [3.8, 4) is 0 Å². The summed E-state index contributed by atoms with van der Waals surface area (Å²) < 4.78 is 38.5. The molecule has 0 aliphatic carbocycles. The minimum absolute atomic E-state index is 0.136. The maximum atomic E-state index is 13.9. The van der Waals surface area contributed by atoms with Crippen LogP contribution < -0.4 is 5.32 Å². The topological polar surface area (TPSA) is 50.8 Å². The van der Waals surface area contributed by atoms with Crippen LogP contribution in [0.25, 0.3) is 0 Å². The molecule has 2 amide bonds. The van der Waals surface area contributed by atoms with Crippen molar-refractivity contribution in [2.45, 2.75) is 31.4 Å². The highest BCUT2D eigenvalue weighted by Gasteiger charge is 2.40. The normalized spacial score (nSPS) is 21.5. The van der Waals surface area contributed by atoms with Gasteiger partial charge in [-0.1, -0.05) is 12.1 Å². The van der Waals surface area contributed by atoms with Gasteiger partial charge in [-0.2, -0.15) is 0 Å². The van der Waals surface area contributed by atoms with Crippen LogP contribution in [0, 0.1) is 11.6 Å². The largest absolute Gasteiger partial charge is 0.381 e.